The molecule has 4 N–H and O–H groups in total. The highest BCUT2D eigenvalue weighted by molar-refractivity contribution is 7.89. The highest BCUT2D eigenvalue weighted by Crippen LogP contribution is 2.34. The number of aromatic amines is 3. The number of aromatic nitrogens is 9. The summed E-state index contributed by atoms with van der Waals surface area (Å²) in [5, 5.41) is 16.0. The molecule has 0 radical (unpaired) electrons. The number of ether oxygens (including phenoxy) is 2. The predicted molar refractivity (Wildman–Crippen MR) is 251 cm³/mol. The fourth-order valence-electron chi connectivity index (χ4n) is 7.31. The van der Waals surface area contributed by atoms with Gasteiger partial charge in [-0.2, -0.15) is 15.3 Å². The van der Waals surface area contributed by atoms with Crippen LogP contribution in [0.15, 0.2) is 101 Å². The van der Waals surface area contributed by atoms with E-state index in [1.54, 1.807) is 23.0 Å². The van der Waals surface area contributed by atoms with Gasteiger partial charge in [0.1, 0.15) is 23.4 Å². The molecular formula is C48H54N10O7S. The molecule has 2 fully saturated rings. The van der Waals surface area contributed by atoms with Gasteiger partial charge in [0.15, 0.2) is 5.82 Å². The van der Waals surface area contributed by atoms with Crippen molar-refractivity contribution in [3.8, 4) is 67.9 Å². The Balaban J connectivity index is 0.000000180. The van der Waals surface area contributed by atoms with Gasteiger partial charge in [-0.25, -0.2) is 18.1 Å². The molecule has 0 spiro atoms. The number of amides is 1. The Kier molecular flexibility index (Phi) is 14.1. The first-order chi connectivity index (χ1) is 31.9. The van der Waals surface area contributed by atoms with E-state index in [1.165, 1.54) is 19.2 Å². The maximum absolute atomic E-state index is 13.1. The second-order valence-corrected chi connectivity index (χ2v) is 18.6. The third-order valence-electron chi connectivity index (χ3n) is 11.2. The summed E-state index contributed by atoms with van der Waals surface area (Å²) in [5.41, 5.74) is 4.14. The topological polar surface area (TPSA) is 225 Å². The van der Waals surface area contributed by atoms with Gasteiger partial charge in [-0.15, -0.1) is 0 Å². The van der Waals surface area contributed by atoms with Crippen molar-refractivity contribution in [3.63, 3.8) is 0 Å². The molecule has 66 heavy (non-hydrogen) atoms. The maximum Gasteiger partial charge on any atom is 0.271 e. The Hall–Kier alpha value is -7.08. The maximum atomic E-state index is 13.1. The number of sulfonamides is 1. The molecule has 17 nitrogen and oxygen atoms in total. The van der Waals surface area contributed by atoms with E-state index < -0.39 is 21.5 Å². The van der Waals surface area contributed by atoms with Crippen LogP contribution in [0.5, 0.6) is 11.5 Å². The molecule has 2 aliphatic rings. The summed E-state index contributed by atoms with van der Waals surface area (Å²) < 4.78 is 40.4. The number of pyridine rings is 2. The third-order valence-corrected chi connectivity index (χ3v) is 11.8. The van der Waals surface area contributed by atoms with Crippen molar-refractivity contribution in [1.29, 1.82) is 0 Å². The molecule has 0 unspecified atom stereocenters. The van der Waals surface area contributed by atoms with Gasteiger partial charge in [-0.1, -0.05) is 26.7 Å². The number of hydrogen-bond acceptors (Lipinski definition) is 11. The average Bonchev–Trinajstić information content (AvgIpc) is 4.09. The highest BCUT2D eigenvalue weighted by Gasteiger charge is 2.26. The van der Waals surface area contributed by atoms with Crippen LogP contribution in [0.2, 0.25) is 0 Å². The number of carbonyl (C=O) groups excluding carboxylic acids is 1. The van der Waals surface area contributed by atoms with E-state index in [0.717, 1.165) is 86.2 Å². The van der Waals surface area contributed by atoms with Crippen molar-refractivity contribution in [3.05, 3.63) is 118 Å². The van der Waals surface area contributed by atoms with Crippen LogP contribution in [-0.4, -0.2) is 78.5 Å². The van der Waals surface area contributed by atoms with Crippen LogP contribution in [0.4, 0.5) is 0 Å². The summed E-state index contributed by atoms with van der Waals surface area (Å²) in [6.45, 7) is 7.23. The van der Waals surface area contributed by atoms with Crippen LogP contribution < -0.4 is 25.3 Å². The van der Waals surface area contributed by atoms with Crippen molar-refractivity contribution >= 4 is 15.9 Å². The zero-order valence-corrected chi connectivity index (χ0v) is 38.1. The molecule has 0 saturated heterocycles. The predicted octanol–water partition coefficient (Wildman–Crippen LogP) is 7.46. The van der Waals surface area contributed by atoms with Crippen LogP contribution in [0.3, 0.4) is 0 Å². The summed E-state index contributed by atoms with van der Waals surface area (Å²) in [7, 11) is -3.86. The van der Waals surface area contributed by atoms with Gasteiger partial charge in [-0.3, -0.25) is 28.8 Å². The normalized spacial score (nSPS) is 13.5. The van der Waals surface area contributed by atoms with Crippen molar-refractivity contribution in [2.45, 2.75) is 78.3 Å². The van der Waals surface area contributed by atoms with E-state index in [1.807, 2.05) is 76.3 Å². The molecule has 2 aliphatic carbocycles. The summed E-state index contributed by atoms with van der Waals surface area (Å²) in [5.74, 6) is 2.27. The summed E-state index contributed by atoms with van der Waals surface area (Å²) in [6.07, 6.45) is 15.0. The molecule has 2 saturated carbocycles. The summed E-state index contributed by atoms with van der Waals surface area (Å²) in [6, 6.07) is 22.3. The molecule has 18 heteroatoms. The first-order valence-electron chi connectivity index (χ1n) is 22.4. The minimum Gasteiger partial charge on any atom is -0.494 e. The van der Waals surface area contributed by atoms with Crippen molar-refractivity contribution in [2.75, 3.05) is 19.5 Å². The molecule has 1 amide bonds. The van der Waals surface area contributed by atoms with E-state index in [-0.39, 0.29) is 16.7 Å². The van der Waals surface area contributed by atoms with Crippen LogP contribution in [0, 0.1) is 11.8 Å². The van der Waals surface area contributed by atoms with Crippen LogP contribution in [0.1, 0.15) is 75.6 Å². The fraction of sp³-hybridized carbons (Fsp3) is 0.354. The molecular weight excluding hydrogens is 861 g/mol. The van der Waals surface area contributed by atoms with Crippen molar-refractivity contribution < 1.29 is 22.7 Å². The van der Waals surface area contributed by atoms with Gasteiger partial charge in [0.2, 0.25) is 10.0 Å². The molecule has 344 valence electrons. The second-order valence-electron chi connectivity index (χ2n) is 16.8. The zero-order valence-electron chi connectivity index (χ0n) is 37.2. The zero-order chi connectivity index (χ0) is 46.2. The molecule has 0 atom stereocenters. The first-order valence-corrected chi connectivity index (χ1v) is 24.3. The van der Waals surface area contributed by atoms with E-state index in [4.69, 9.17) is 14.6 Å². The monoisotopic (exact) mass is 914 g/mol. The minimum atomic E-state index is -3.86. The Morgan fingerprint density at radius 2 is 1.23 bits per heavy atom. The molecule has 0 bridgehead atoms. The molecule has 0 aliphatic heterocycles. The number of H-pyrrole nitrogens is 3. The number of carbonyl (C=O) groups is 1. The average molecular weight is 915 g/mol. The molecule has 9 rings (SSSR count). The lowest BCUT2D eigenvalue weighted by atomic mass is 10.0. The van der Waals surface area contributed by atoms with Crippen LogP contribution in [-0.2, 0) is 23.1 Å². The Bertz CT molecular complexity index is 2980. The summed E-state index contributed by atoms with van der Waals surface area (Å²) in [4.78, 5) is 48.8. The van der Waals surface area contributed by atoms with Crippen LogP contribution in [0.25, 0.3) is 56.4 Å². The molecule has 5 aromatic heterocycles. The second kappa shape index (κ2) is 20.4. The molecule has 7 aromatic rings. The first kappa shape index (κ1) is 45.5. The van der Waals surface area contributed by atoms with Crippen molar-refractivity contribution in [1.82, 2.24) is 49.4 Å². The number of hydrogen-bond donors (Lipinski definition) is 4. The lowest BCUT2D eigenvalue weighted by Crippen LogP contribution is -2.34. The quantitative estimate of drug-likeness (QED) is 0.0583. The fourth-order valence-corrected chi connectivity index (χ4v) is 7.75. The lowest BCUT2D eigenvalue weighted by Gasteiger charge is -2.11. The number of benzene rings is 2. The van der Waals surface area contributed by atoms with E-state index >= 15 is 0 Å². The van der Waals surface area contributed by atoms with Gasteiger partial charge < -0.3 is 19.4 Å². The Labute approximate surface area is 382 Å². The SMILES string of the molecule is CCCCOc1ccc(-c2cc(-c3ccn(CC4CC4)n3)c(-c3ncn[nH]3)c(=O)[nH]2)cc1.CCCCOc1ccc(-c2cc(-c3ccn(CC4CC4)n3)c(C(=O)NS(C)(=O)=O)c(=O)[nH]2)cc1. The smallest absolute Gasteiger partial charge is 0.271 e. The van der Waals surface area contributed by atoms with Gasteiger partial charge in [0, 0.05) is 48.0 Å². The van der Waals surface area contributed by atoms with Crippen molar-refractivity contribution in [2.24, 2.45) is 11.8 Å². The van der Waals surface area contributed by atoms with Gasteiger partial charge in [-0.05, 0) is 134 Å². The van der Waals surface area contributed by atoms with Crippen LogP contribution >= 0.6 is 0 Å². The number of rotatable bonds is 19. The third kappa shape index (κ3) is 11.8. The van der Waals surface area contributed by atoms with Gasteiger partial charge >= 0.3 is 0 Å². The van der Waals surface area contributed by atoms with E-state index in [9.17, 15) is 22.8 Å². The minimum absolute atomic E-state index is 0.241. The highest BCUT2D eigenvalue weighted by atomic mass is 32.2. The Morgan fingerprint density at radius 3 is 1.70 bits per heavy atom. The number of nitrogens with zero attached hydrogens (tertiary/aromatic N) is 6. The summed E-state index contributed by atoms with van der Waals surface area (Å²) >= 11 is 0. The molecule has 2 aromatic carbocycles. The van der Waals surface area contributed by atoms with Gasteiger partial charge in [0.25, 0.3) is 17.0 Å². The van der Waals surface area contributed by atoms with E-state index in [2.05, 4.69) is 44.1 Å². The number of unbranched alkanes of at least 4 members (excludes halogenated alkanes) is 2. The number of nitrogens with one attached hydrogen (secondary N) is 4. The molecule has 5 heterocycles. The standard InChI is InChI=1S/C24H26N6O2.C24H28N4O5S/c1-2-3-12-32-18-8-6-17(7-9-18)21-13-19(20-10-11-30(29-20)14-16-4-5-16)22(24(31)27-21)23-25-15-26-28-23;1-3-4-13-33-18-9-7-17(8-10-18)21-14-19(20-11-12-28(26-20)15-16-5-6-16)22(23(29)25-21)24(30)27-34(2,31)32/h6-11,13,15-16H,2-5,12,14H2,1H3,(H,27,31)(H,25,26,28);7-12,14,16H,3-6,13,15H2,1-2H3,(H,25,29)(H,27,30). The lowest BCUT2D eigenvalue weighted by molar-refractivity contribution is 0.0980. The van der Waals surface area contributed by atoms with Gasteiger partial charge in [0.05, 0.1) is 36.4 Å². The van der Waals surface area contributed by atoms with E-state index in [0.29, 0.717) is 59.1 Å². The largest absolute Gasteiger partial charge is 0.494 e. The Morgan fingerprint density at radius 1 is 0.727 bits per heavy atom.